The largest absolute Gasteiger partial charge is 0.368 e. The number of guanidine groups is 1. The van der Waals surface area contributed by atoms with E-state index in [1.54, 1.807) is 12.4 Å². The third kappa shape index (κ3) is 5.33. The summed E-state index contributed by atoms with van der Waals surface area (Å²) in [6, 6.07) is 4.58. The van der Waals surface area contributed by atoms with Gasteiger partial charge in [-0.1, -0.05) is 24.7 Å². The van der Waals surface area contributed by atoms with Crippen molar-refractivity contribution in [2.45, 2.75) is 38.6 Å². The maximum absolute atomic E-state index is 8.84. The molecule has 1 saturated carbocycles. The first kappa shape index (κ1) is 23.4. The fraction of sp³-hybridized carbons (Fsp3) is 0.538. The molecule has 0 spiro atoms. The first-order chi connectivity index (χ1) is 17.1. The molecular formula is C26H35N9. The van der Waals surface area contributed by atoms with Crippen LogP contribution in [0.2, 0.25) is 0 Å². The second kappa shape index (κ2) is 10.5. The molecule has 4 heterocycles. The fourth-order valence-electron chi connectivity index (χ4n) is 5.42. The van der Waals surface area contributed by atoms with E-state index in [1.165, 1.54) is 25.7 Å². The molecule has 2 aromatic heterocycles. The molecule has 9 heteroatoms. The van der Waals surface area contributed by atoms with Crippen LogP contribution in [0.15, 0.2) is 24.5 Å². The molecule has 2 aliphatic heterocycles. The standard InChI is InChI=1S/C26H35N9/c1-20-23(9-8-21-5-4-10-29-19-21)24(31-25(27)30-20)33-13-17-35(18-14-33)26(28)34-15-11-32(12-16-34)22-6-2-3-7-22/h4-5,10,19,22,28H,2-3,6-7,11-18H2,1H3,(H2,27,30,31). The minimum Gasteiger partial charge on any atom is -0.368 e. The highest BCUT2D eigenvalue weighted by Gasteiger charge is 2.30. The van der Waals surface area contributed by atoms with Crippen LogP contribution >= 0.6 is 0 Å². The minimum absolute atomic E-state index is 0.264. The maximum atomic E-state index is 8.84. The lowest BCUT2D eigenvalue weighted by molar-refractivity contribution is 0.124. The Morgan fingerprint density at radius 3 is 2.31 bits per heavy atom. The summed E-state index contributed by atoms with van der Waals surface area (Å²) in [6.07, 6.45) is 8.93. The summed E-state index contributed by atoms with van der Waals surface area (Å²) in [5, 5.41) is 8.84. The fourth-order valence-corrected chi connectivity index (χ4v) is 5.42. The van der Waals surface area contributed by atoms with Crippen molar-refractivity contribution in [2.24, 2.45) is 0 Å². The van der Waals surface area contributed by atoms with Gasteiger partial charge < -0.3 is 20.4 Å². The van der Waals surface area contributed by atoms with Crippen molar-refractivity contribution < 1.29 is 0 Å². The van der Waals surface area contributed by atoms with Crippen LogP contribution in [0.4, 0.5) is 11.8 Å². The number of aromatic nitrogens is 3. The highest BCUT2D eigenvalue weighted by Crippen LogP contribution is 2.25. The van der Waals surface area contributed by atoms with Crippen LogP contribution in [-0.4, -0.2) is 94.0 Å². The zero-order chi connectivity index (χ0) is 24.2. The Morgan fingerprint density at radius 2 is 1.66 bits per heavy atom. The van der Waals surface area contributed by atoms with E-state index in [0.717, 1.165) is 81.0 Å². The summed E-state index contributed by atoms with van der Waals surface area (Å²) < 4.78 is 0. The monoisotopic (exact) mass is 473 g/mol. The van der Waals surface area contributed by atoms with Gasteiger partial charge >= 0.3 is 0 Å². The summed E-state index contributed by atoms with van der Waals surface area (Å²) in [5.74, 6) is 8.14. The van der Waals surface area contributed by atoms with Crippen LogP contribution in [0.25, 0.3) is 0 Å². The summed E-state index contributed by atoms with van der Waals surface area (Å²) in [4.78, 5) is 22.4. The van der Waals surface area contributed by atoms with Crippen LogP contribution < -0.4 is 10.6 Å². The number of piperazine rings is 2. The average molecular weight is 474 g/mol. The zero-order valence-corrected chi connectivity index (χ0v) is 20.6. The number of hydrogen-bond donors (Lipinski definition) is 2. The Hall–Kier alpha value is -3.38. The van der Waals surface area contributed by atoms with E-state index in [9.17, 15) is 0 Å². The average Bonchev–Trinajstić information content (AvgIpc) is 3.43. The Bertz CT molecular complexity index is 1090. The molecule has 1 aliphatic carbocycles. The first-order valence-electron chi connectivity index (χ1n) is 12.7. The number of nitrogens with two attached hydrogens (primary N) is 1. The molecule has 3 fully saturated rings. The number of nitrogens with zero attached hydrogens (tertiary/aromatic N) is 7. The summed E-state index contributed by atoms with van der Waals surface area (Å²) in [6.45, 7) is 9.06. The Labute approximate surface area is 207 Å². The third-order valence-electron chi connectivity index (χ3n) is 7.42. The van der Waals surface area contributed by atoms with E-state index in [2.05, 4.69) is 46.4 Å². The molecule has 0 amide bonds. The topological polar surface area (TPSA) is 101 Å². The van der Waals surface area contributed by atoms with Gasteiger partial charge in [-0.15, -0.1) is 0 Å². The predicted molar refractivity (Wildman–Crippen MR) is 138 cm³/mol. The van der Waals surface area contributed by atoms with Crippen LogP contribution in [-0.2, 0) is 0 Å². The lowest BCUT2D eigenvalue weighted by Gasteiger charge is -2.43. The van der Waals surface area contributed by atoms with Gasteiger partial charge in [0, 0.05) is 76.4 Å². The molecule has 0 bridgehead atoms. The van der Waals surface area contributed by atoms with Crippen molar-refractivity contribution in [3.05, 3.63) is 41.3 Å². The zero-order valence-electron chi connectivity index (χ0n) is 20.6. The smallest absolute Gasteiger partial charge is 0.222 e. The lowest BCUT2D eigenvalue weighted by atomic mass is 10.1. The van der Waals surface area contributed by atoms with Crippen molar-refractivity contribution >= 4 is 17.7 Å². The van der Waals surface area contributed by atoms with Gasteiger partial charge in [-0.3, -0.25) is 15.3 Å². The van der Waals surface area contributed by atoms with E-state index >= 15 is 0 Å². The number of hydrogen-bond acceptors (Lipinski definition) is 7. The number of pyridine rings is 1. The van der Waals surface area contributed by atoms with Gasteiger partial charge in [0.25, 0.3) is 0 Å². The minimum atomic E-state index is 0.264. The molecule has 2 aromatic rings. The normalized spacial score (nSPS) is 19.5. The summed E-state index contributed by atoms with van der Waals surface area (Å²) in [5.41, 5.74) is 8.44. The predicted octanol–water partition coefficient (Wildman–Crippen LogP) is 1.78. The third-order valence-corrected chi connectivity index (χ3v) is 7.42. The van der Waals surface area contributed by atoms with Gasteiger partial charge in [-0.25, -0.2) is 4.98 Å². The van der Waals surface area contributed by atoms with Gasteiger partial charge in [0.15, 0.2) is 5.96 Å². The highest BCUT2D eigenvalue weighted by atomic mass is 15.4. The second-order valence-electron chi connectivity index (χ2n) is 9.62. The van der Waals surface area contributed by atoms with E-state index in [0.29, 0.717) is 5.96 Å². The molecule has 0 atom stereocenters. The lowest BCUT2D eigenvalue weighted by Crippen LogP contribution is -2.58. The van der Waals surface area contributed by atoms with Crippen molar-refractivity contribution in [1.29, 1.82) is 5.41 Å². The number of aryl methyl sites for hydroxylation is 1. The van der Waals surface area contributed by atoms with Gasteiger partial charge in [0.2, 0.25) is 5.95 Å². The Kier molecular flexibility index (Phi) is 7.00. The molecule has 3 aliphatic rings. The number of rotatable bonds is 2. The molecule has 0 unspecified atom stereocenters. The van der Waals surface area contributed by atoms with E-state index in [-0.39, 0.29) is 5.95 Å². The van der Waals surface area contributed by atoms with E-state index < -0.39 is 0 Å². The number of anilines is 2. The quantitative estimate of drug-likeness (QED) is 0.387. The summed E-state index contributed by atoms with van der Waals surface area (Å²) in [7, 11) is 0. The molecule has 0 aromatic carbocycles. The molecule has 2 saturated heterocycles. The number of nitrogens with one attached hydrogen (secondary N) is 1. The van der Waals surface area contributed by atoms with Crippen LogP contribution in [0, 0.1) is 24.2 Å². The van der Waals surface area contributed by atoms with Crippen molar-refractivity contribution in [3.63, 3.8) is 0 Å². The number of nitrogen functional groups attached to an aromatic ring is 1. The molecule has 35 heavy (non-hydrogen) atoms. The molecule has 184 valence electrons. The first-order valence-corrected chi connectivity index (χ1v) is 12.7. The molecule has 3 N–H and O–H groups in total. The Balaban J connectivity index is 1.22. The summed E-state index contributed by atoms with van der Waals surface area (Å²) >= 11 is 0. The molecule has 0 radical (unpaired) electrons. The van der Waals surface area contributed by atoms with E-state index in [1.807, 2.05) is 19.1 Å². The van der Waals surface area contributed by atoms with Crippen LogP contribution in [0.5, 0.6) is 0 Å². The van der Waals surface area contributed by atoms with Gasteiger partial charge in [0.1, 0.15) is 5.82 Å². The van der Waals surface area contributed by atoms with Crippen molar-refractivity contribution in [2.75, 3.05) is 63.0 Å². The van der Waals surface area contributed by atoms with Gasteiger partial charge in [-0.05, 0) is 31.9 Å². The van der Waals surface area contributed by atoms with Gasteiger partial charge in [0.05, 0.1) is 11.3 Å². The SMILES string of the molecule is Cc1nc(N)nc(N2CCN(C(=N)N3CCN(C4CCCC4)CC3)CC2)c1C#Cc1cccnc1. The van der Waals surface area contributed by atoms with Crippen molar-refractivity contribution in [3.8, 4) is 11.8 Å². The molecular weight excluding hydrogens is 438 g/mol. The highest BCUT2D eigenvalue weighted by molar-refractivity contribution is 5.77. The van der Waals surface area contributed by atoms with Crippen LogP contribution in [0.3, 0.4) is 0 Å². The van der Waals surface area contributed by atoms with Gasteiger partial charge in [-0.2, -0.15) is 4.98 Å². The Morgan fingerprint density at radius 1 is 0.971 bits per heavy atom. The molecule has 5 rings (SSSR count). The maximum Gasteiger partial charge on any atom is 0.222 e. The van der Waals surface area contributed by atoms with Crippen molar-refractivity contribution in [1.82, 2.24) is 29.7 Å². The molecule has 9 nitrogen and oxygen atoms in total. The van der Waals surface area contributed by atoms with E-state index in [4.69, 9.17) is 11.1 Å². The van der Waals surface area contributed by atoms with Crippen LogP contribution in [0.1, 0.15) is 42.5 Å². The second-order valence-corrected chi connectivity index (χ2v) is 9.62.